The maximum atomic E-state index is 12.2. The van der Waals surface area contributed by atoms with Crippen molar-refractivity contribution < 1.29 is 14.3 Å². The molecule has 0 aliphatic rings. The highest BCUT2D eigenvalue weighted by atomic mass is 79.9. The Morgan fingerprint density at radius 1 is 1.33 bits per heavy atom. The molecule has 0 aliphatic heterocycles. The fourth-order valence-electron chi connectivity index (χ4n) is 1.83. The smallest absolute Gasteiger partial charge is 0.251 e. The Kier molecular flexibility index (Phi) is 5.21. The van der Waals surface area contributed by atoms with Crippen LogP contribution < -0.4 is 14.8 Å². The summed E-state index contributed by atoms with van der Waals surface area (Å²) in [5.74, 6) is 0.916. The molecule has 0 atom stereocenters. The van der Waals surface area contributed by atoms with Crippen molar-refractivity contribution in [3.05, 3.63) is 40.4 Å². The van der Waals surface area contributed by atoms with E-state index in [4.69, 9.17) is 9.47 Å². The number of aromatic amines is 1. The minimum atomic E-state index is -0.182. The topological polar surface area (TPSA) is 76.2 Å². The number of ether oxygens (including phenoxy) is 2. The Labute approximate surface area is 131 Å². The van der Waals surface area contributed by atoms with Crippen LogP contribution in [0.25, 0.3) is 0 Å². The first-order valence-electron chi connectivity index (χ1n) is 6.32. The largest absolute Gasteiger partial charge is 0.495 e. The predicted molar refractivity (Wildman–Crippen MR) is 81.9 cm³/mol. The third kappa shape index (κ3) is 3.75. The summed E-state index contributed by atoms with van der Waals surface area (Å²) in [5, 5.41) is 2.85. The highest BCUT2D eigenvalue weighted by molar-refractivity contribution is 9.10. The van der Waals surface area contributed by atoms with Gasteiger partial charge in [-0.25, -0.2) is 4.98 Å². The van der Waals surface area contributed by atoms with E-state index in [0.29, 0.717) is 34.5 Å². The van der Waals surface area contributed by atoms with Crippen LogP contribution in [-0.2, 0) is 6.42 Å². The molecule has 2 N–H and O–H groups in total. The highest BCUT2D eigenvalue weighted by Gasteiger charge is 2.14. The van der Waals surface area contributed by atoms with Gasteiger partial charge in [0.2, 0.25) is 0 Å². The molecule has 112 valence electrons. The summed E-state index contributed by atoms with van der Waals surface area (Å²) in [6.07, 6.45) is 4.04. The summed E-state index contributed by atoms with van der Waals surface area (Å²) in [5.41, 5.74) is 1.46. The number of imidazole rings is 1. The van der Waals surface area contributed by atoms with Crippen LogP contribution in [0.4, 0.5) is 0 Å². The van der Waals surface area contributed by atoms with Crippen LogP contribution in [0.5, 0.6) is 11.5 Å². The monoisotopic (exact) mass is 353 g/mol. The molecule has 0 radical (unpaired) electrons. The second-order valence-corrected chi connectivity index (χ2v) is 5.07. The molecule has 1 amide bonds. The van der Waals surface area contributed by atoms with Gasteiger partial charge < -0.3 is 19.8 Å². The van der Waals surface area contributed by atoms with Gasteiger partial charge in [0.15, 0.2) is 0 Å². The molecule has 2 rings (SSSR count). The van der Waals surface area contributed by atoms with E-state index in [2.05, 4.69) is 31.2 Å². The first-order valence-corrected chi connectivity index (χ1v) is 7.12. The molecular formula is C14H16BrN3O3. The summed E-state index contributed by atoms with van der Waals surface area (Å²) < 4.78 is 11.1. The lowest BCUT2D eigenvalue weighted by Crippen LogP contribution is -2.25. The fourth-order valence-corrected chi connectivity index (χ4v) is 2.39. The number of nitrogens with zero attached hydrogens (tertiary/aromatic N) is 1. The van der Waals surface area contributed by atoms with Crippen molar-refractivity contribution in [2.75, 3.05) is 20.8 Å². The number of rotatable bonds is 6. The van der Waals surface area contributed by atoms with Crippen molar-refractivity contribution in [3.8, 4) is 11.5 Å². The average molecular weight is 354 g/mol. The second-order valence-electron chi connectivity index (χ2n) is 4.28. The SMILES string of the molecule is COc1cc(C(=O)NCCc2cnc[nH]2)cc(OC)c1Br. The first-order chi connectivity index (χ1) is 10.2. The molecule has 21 heavy (non-hydrogen) atoms. The van der Waals surface area contributed by atoms with Crippen LogP contribution in [0.15, 0.2) is 29.1 Å². The van der Waals surface area contributed by atoms with E-state index in [9.17, 15) is 4.79 Å². The van der Waals surface area contributed by atoms with Crippen LogP contribution >= 0.6 is 15.9 Å². The van der Waals surface area contributed by atoms with Crippen LogP contribution in [0, 0.1) is 0 Å². The van der Waals surface area contributed by atoms with Gasteiger partial charge in [0.25, 0.3) is 5.91 Å². The van der Waals surface area contributed by atoms with Crippen molar-refractivity contribution in [1.29, 1.82) is 0 Å². The van der Waals surface area contributed by atoms with E-state index in [0.717, 1.165) is 5.69 Å². The zero-order valence-corrected chi connectivity index (χ0v) is 13.4. The van der Waals surface area contributed by atoms with E-state index in [1.807, 2.05) is 0 Å². The van der Waals surface area contributed by atoms with E-state index >= 15 is 0 Å². The Balaban J connectivity index is 2.04. The van der Waals surface area contributed by atoms with Crippen LogP contribution in [-0.4, -0.2) is 36.6 Å². The van der Waals surface area contributed by atoms with E-state index in [-0.39, 0.29) is 5.91 Å². The summed E-state index contributed by atoms with van der Waals surface area (Å²) >= 11 is 3.37. The van der Waals surface area contributed by atoms with E-state index in [1.54, 1.807) is 38.9 Å². The number of carbonyl (C=O) groups excluding carboxylic acids is 1. The van der Waals surface area contributed by atoms with Crippen LogP contribution in [0.1, 0.15) is 16.1 Å². The number of amides is 1. The van der Waals surface area contributed by atoms with Crippen molar-refractivity contribution in [2.45, 2.75) is 6.42 Å². The van der Waals surface area contributed by atoms with Gasteiger partial charge in [-0.3, -0.25) is 4.79 Å². The summed E-state index contributed by atoms with van der Waals surface area (Å²) in [6, 6.07) is 3.33. The third-order valence-electron chi connectivity index (χ3n) is 2.94. The number of hydrogen-bond donors (Lipinski definition) is 2. The lowest BCUT2D eigenvalue weighted by molar-refractivity contribution is 0.0953. The minimum Gasteiger partial charge on any atom is -0.495 e. The number of hydrogen-bond acceptors (Lipinski definition) is 4. The zero-order valence-electron chi connectivity index (χ0n) is 11.8. The van der Waals surface area contributed by atoms with Crippen LogP contribution in [0.2, 0.25) is 0 Å². The number of H-pyrrole nitrogens is 1. The molecule has 1 aromatic heterocycles. The molecule has 0 aliphatic carbocycles. The number of methoxy groups -OCH3 is 2. The highest BCUT2D eigenvalue weighted by Crippen LogP contribution is 2.35. The van der Waals surface area contributed by atoms with Crippen molar-refractivity contribution >= 4 is 21.8 Å². The molecule has 0 unspecified atom stereocenters. The molecule has 7 heteroatoms. The molecule has 2 aromatic rings. The Bertz CT molecular complexity index is 589. The molecule has 0 saturated heterocycles. The van der Waals surface area contributed by atoms with Gasteiger partial charge in [-0.1, -0.05) is 0 Å². The lowest BCUT2D eigenvalue weighted by Gasteiger charge is -2.11. The van der Waals surface area contributed by atoms with Gasteiger partial charge in [-0.2, -0.15) is 0 Å². The van der Waals surface area contributed by atoms with Crippen molar-refractivity contribution in [3.63, 3.8) is 0 Å². The first kappa shape index (κ1) is 15.4. The molecule has 0 fully saturated rings. The van der Waals surface area contributed by atoms with E-state index in [1.165, 1.54) is 0 Å². The number of carbonyl (C=O) groups is 1. The number of aromatic nitrogens is 2. The summed E-state index contributed by atoms with van der Waals surface area (Å²) in [4.78, 5) is 19.1. The third-order valence-corrected chi connectivity index (χ3v) is 3.72. The van der Waals surface area contributed by atoms with Gasteiger partial charge in [0.1, 0.15) is 16.0 Å². The molecule has 0 saturated carbocycles. The van der Waals surface area contributed by atoms with Gasteiger partial charge in [-0.05, 0) is 28.1 Å². The standard InChI is InChI=1S/C14H16BrN3O3/c1-20-11-5-9(6-12(21-2)13(11)15)14(19)17-4-3-10-7-16-8-18-10/h5-8H,3-4H2,1-2H3,(H,16,18)(H,17,19). The predicted octanol–water partition coefficient (Wildman–Crippen LogP) is 2.16. The lowest BCUT2D eigenvalue weighted by atomic mass is 10.2. The maximum absolute atomic E-state index is 12.2. The Morgan fingerprint density at radius 2 is 2.00 bits per heavy atom. The Hall–Kier alpha value is -2.02. The van der Waals surface area contributed by atoms with Crippen LogP contribution in [0.3, 0.4) is 0 Å². The van der Waals surface area contributed by atoms with E-state index < -0.39 is 0 Å². The molecule has 0 spiro atoms. The maximum Gasteiger partial charge on any atom is 0.251 e. The molecule has 1 aromatic carbocycles. The second kappa shape index (κ2) is 7.12. The number of halogens is 1. The zero-order chi connectivity index (χ0) is 15.2. The van der Waals surface area contributed by atoms with Gasteiger partial charge in [0.05, 0.1) is 20.5 Å². The fraction of sp³-hybridized carbons (Fsp3) is 0.286. The van der Waals surface area contributed by atoms with Crippen molar-refractivity contribution in [1.82, 2.24) is 15.3 Å². The molecule has 1 heterocycles. The van der Waals surface area contributed by atoms with Gasteiger partial charge >= 0.3 is 0 Å². The molecule has 0 bridgehead atoms. The minimum absolute atomic E-state index is 0.182. The number of nitrogens with one attached hydrogen (secondary N) is 2. The molecule has 6 nitrogen and oxygen atoms in total. The Morgan fingerprint density at radius 3 is 2.52 bits per heavy atom. The quantitative estimate of drug-likeness (QED) is 0.834. The van der Waals surface area contributed by atoms with Gasteiger partial charge in [-0.15, -0.1) is 0 Å². The number of benzene rings is 1. The molecular weight excluding hydrogens is 338 g/mol. The average Bonchev–Trinajstić information content (AvgIpc) is 3.00. The van der Waals surface area contributed by atoms with Crippen molar-refractivity contribution in [2.24, 2.45) is 0 Å². The summed E-state index contributed by atoms with van der Waals surface area (Å²) in [7, 11) is 3.08. The summed E-state index contributed by atoms with van der Waals surface area (Å²) in [6.45, 7) is 0.516. The van der Waals surface area contributed by atoms with Gasteiger partial charge in [0, 0.05) is 30.4 Å². The normalized spacial score (nSPS) is 10.2.